The smallest absolute Gasteiger partial charge is 0.324 e. The molecule has 5 rings (SSSR count). The van der Waals surface area contributed by atoms with Gasteiger partial charge in [-0.25, -0.2) is 9.78 Å². The molecular formula is C15H16N4O2S. The molecule has 2 aromatic rings. The van der Waals surface area contributed by atoms with E-state index in [1.54, 1.807) is 11.3 Å². The lowest BCUT2D eigenvalue weighted by Crippen LogP contribution is -2.49. The molecule has 2 fully saturated rings. The summed E-state index contributed by atoms with van der Waals surface area (Å²) in [5, 5.41) is 7.26. The lowest BCUT2D eigenvalue weighted by molar-refractivity contribution is 0.250. The van der Waals surface area contributed by atoms with Crippen molar-refractivity contribution in [2.24, 2.45) is 0 Å². The molecular weight excluding hydrogens is 300 g/mol. The third-order valence-electron chi connectivity index (χ3n) is 4.74. The Labute approximate surface area is 131 Å². The number of anilines is 1. The van der Waals surface area contributed by atoms with Crippen LogP contribution in [0.1, 0.15) is 12.0 Å². The predicted molar refractivity (Wildman–Crippen MR) is 84.9 cm³/mol. The van der Waals surface area contributed by atoms with E-state index in [1.165, 1.54) is 5.56 Å². The van der Waals surface area contributed by atoms with Crippen LogP contribution in [0.5, 0.6) is 5.75 Å². The molecule has 3 aliphatic rings. The maximum Gasteiger partial charge on any atom is 0.324 e. The van der Waals surface area contributed by atoms with E-state index in [-0.39, 0.29) is 18.1 Å². The molecule has 2 saturated heterocycles. The van der Waals surface area contributed by atoms with Crippen LogP contribution >= 0.6 is 11.3 Å². The Kier molecular flexibility index (Phi) is 2.63. The normalized spacial score (nSPS) is 26.7. The Balaban J connectivity index is 1.60. The van der Waals surface area contributed by atoms with Gasteiger partial charge in [-0.1, -0.05) is 11.3 Å². The van der Waals surface area contributed by atoms with Gasteiger partial charge in [-0.3, -0.25) is 4.90 Å². The fourth-order valence-electron chi connectivity index (χ4n) is 3.65. The minimum absolute atomic E-state index is 0.0225. The number of nitrogens with zero attached hydrogens (tertiary/aromatic N) is 2. The molecule has 1 aromatic carbocycles. The van der Waals surface area contributed by atoms with Crippen molar-refractivity contribution < 1.29 is 9.53 Å². The van der Waals surface area contributed by atoms with Crippen LogP contribution < -0.4 is 20.3 Å². The molecule has 4 heterocycles. The van der Waals surface area contributed by atoms with Crippen molar-refractivity contribution in [3.63, 3.8) is 0 Å². The summed E-state index contributed by atoms with van der Waals surface area (Å²) in [6, 6.07) is 4.43. The van der Waals surface area contributed by atoms with Crippen molar-refractivity contribution in [3.8, 4) is 5.75 Å². The zero-order valence-electron chi connectivity index (χ0n) is 12.0. The van der Waals surface area contributed by atoms with Crippen LogP contribution in [0.2, 0.25) is 0 Å². The summed E-state index contributed by atoms with van der Waals surface area (Å²) in [7, 11) is 0. The number of nitrogens with one attached hydrogen (secondary N) is 2. The Bertz CT molecular complexity index is 774. The molecule has 2 amide bonds. The molecule has 1 aromatic heterocycles. The molecule has 0 aliphatic carbocycles. The first-order valence-corrected chi connectivity index (χ1v) is 8.48. The van der Waals surface area contributed by atoms with Gasteiger partial charge in [-0.05, 0) is 25.1 Å². The van der Waals surface area contributed by atoms with Crippen LogP contribution in [-0.2, 0) is 6.42 Å². The molecule has 114 valence electrons. The Morgan fingerprint density at radius 2 is 2.36 bits per heavy atom. The molecule has 2 N–H and O–H groups in total. The monoisotopic (exact) mass is 316 g/mol. The van der Waals surface area contributed by atoms with Crippen molar-refractivity contribution in [1.82, 2.24) is 15.6 Å². The van der Waals surface area contributed by atoms with Gasteiger partial charge in [0, 0.05) is 18.5 Å². The third-order valence-corrected chi connectivity index (χ3v) is 5.76. The summed E-state index contributed by atoms with van der Waals surface area (Å²) >= 11 is 1.59. The number of thiazole rings is 1. The number of benzene rings is 1. The Morgan fingerprint density at radius 1 is 1.41 bits per heavy atom. The van der Waals surface area contributed by atoms with Crippen molar-refractivity contribution in [2.75, 3.05) is 24.6 Å². The average Bonchev–Trinajstić information content (AvgIpc) is 3.20. The van der Waals surface area contributed by atoms with Crippen molar-refractivity contribution >= 4 is 32.7 Å². The number of urea groups is 1. The fourth-order valence-corrected chi connectivity index (χ4v) is 4.70. The molecule has 7 heteroatoms. The molecule has 6 nitrogen and oxygen atoms in total. The van der Waals surface area contributed by atoms with E-state index in [2.05, 4.69) is 10.6 Å². The first-order chi connectivity index (χ1) is 10.8. The highest BCUT2D eigenvalue weighted by molar-refractivity contribution is 7.22. The quantitative estimate of drug-likeness (QED) is 0.836. The van der Waals surface area contributed by atoms with Crippen LogP contribution in [0.25, 0.3) is 10.2 Å². The summed E-state index contributed by atoms with van der Waals surface area (Å²) in [6.45, 7) is 2.50. The largest absolute Gasteiger partial charge is 0.493 e. The highest BCUT2D eigenvalue weighted by Crippen LogP contribution is 2.39. The van der Waals surface area contributed by atoms with E-state index in [1.807, 2.05) is 17.0 Å². The molecule has 0 radical (unpaired) electrons. The lowest BCUT2D eigenvalue weighted by Gasteiger charge is -2.28. The number of hydrogen-bond acceptors (Lipinski definition) is 5. The van der Waals surface area contributed by atoms with E-state index >= 15 is 0 Å². The number of hydrogen-bond donors (Lipinski definition) is 2. The molecule has 0 bridgehead atoms. The van der Waals surface area contributed by atoms with E-state index in [0.717, 1.165) is 53.6 Å². The lowest BCUT2D eigenvalue weighted by atomic mass is 10.0. The van der Waals surface area contributed by atoms with Gasteiger partial charge in [0.2, 0.25) is 0 Å². The van der Waals surface area contributed by atoms with Gasteiger partial charge in [0.15, 0.2) is 5.13 Å². The summed E-state index contributed by atoms with van der Waals surface area (Å²) in [6.07, 6.45) is 1.87. The van der Waals surface area contributed by atoms with Crippen molar-refractivity contribution in [2.45, 2.75) is 24.9 Å². The van der Waals surface area contributed by atoms with Gasteiger partial charge in [-0.15, -0.1) is 0 Å². The number of fused-ring (bicyclic) bond motifs is 4. The van der Waals surface area contributed by atoms with Crippen LogP contribution in [0, 0.1) is 0 Å². The first-order valence-electron chi connectivity index (χ1n) is 7.67. The number of amides is 2. The second-order valence-electron chi connectivity index (χ2n) is 5.97. The van der Waals surface area contributed by atoms with E-state index < -0.39 is 0 Å². The standard InChI is InChI=1S/C15H16N4O2S/c20-14-17-9-3-5-16-7-10(9)19(14)15-18-13-8-4-6-21-11(8)1-2-12(13)22-15/h1-2,9-10,16H,3-7H2,(H,17,20). The minimum Gasteiger partial charge on any atom is -0.493 e. The zero-order chi connectivity index (χ0) is 14.7. The van der Waals surface area contributed by atoms with Crippen LogP contribution in [0.15, 0.2) is 12.1 Å². The van der Waals surface area contributed by atoms with Gasteiger partial charge in [-0.2, -0.15) is 0 Å². The Hall–Kier alpha value is -1.86. The third kappa shape index (κ3) is 1.69. The SMILES string of the molecule is O=C1NC2CCNCC2N1c1nc2c3c(ccc2s1)OCC3. The van der Waals surface area contributed by atoms with Gasteiger partial charge in [0.05, 0.1) is 28.9 Å². The van der Waals surface area contributed by atoms with Crippen LogP contribution in [0.3, 0.4) is 0 Å². The number of piperidine rings is 1. The molecule has 0 saturated carbocycles. The second-order valence-corrected chi connectivity index (χ2v) is 6.98. The van der Waals surface area contributed by atoms with E-state index in [0.29, 0.717) is 0 Å². The minimum atomic E-state index is -0.0225. The van der Waals surface area contributed by atoms with E-state index in [9.17, 15) is 4.79 Å². The number of aromatic nitrogens is 1. The average molecular weight is 316 g/mol. The van der Waals surface area contributed by atoms with Crippen LogP contribution in [-0.4, -0.2) is 42.8 Å². The number of ether oxygens (including phenoxy) is 1. The fraction of sp³-hybridized carbons (Fsp3) is 0.467. The maximum atomic E-state index is 12.4. The van der Waals surface area contributed by atoms with Gasteiger partial charge < -0.3 is 15.4 Å². The molecule has 2 atom stereocenters. The van der Waals surface area contributed by atoms with E-state index in [4.69, 9.17) is 9.72 Å². The number of carbonyl (C=O) groups excluding carboxylic acids is 1. The first kappa shape index (κ1) is 12.7. The highest BCUT2D eigenvalue weighted by atomic mass is 32.1. The number of carbonyl (C=O) groups is 1. The maximum absolute atomic E-state index is 12.4. The predicted octanol–water partition coefficient (Wildman–Crippen LogP) is 1.49. The summed E-state index contributed by atoms with van der Waals surface area (Å²) in [5.74, 6) is 0.937. The van der Waals surface area contributed by atoms with Gasteiger partial charge in [0.25, 0.3) is 0 Å². The number of rotatable bonds is 1. The summed E-state index contributed by atoms with van der Waals surface area (Å²) in [5.41, 5.74) is 2.17. The van der Waals surface area contributed by atoms with Gasteiger partial charge in [0.1, 0.15) is 5.75 Å². The molecule has 22 heavy (non-hydrogen) atoms. The zero-order valence-corrected chi connectivity index (χ0v) is 12.8. The summed E-state index contributed by atoms with van der Waals surface area (Å²) in [4.78, 5) is 19.0. The van der Waals surface area contributed by atoms with Gasteiger partial charge >= 0.3 is 6.03 Å². The van der Waals surface area contributed by atoms with Crippen molar-refractivity contribution in [1.29, 1.82) is 0 Å². The molecule has 0 spiro atoms. The molecule has 2 unspecified atom stereocenters. The summed E-state index contributed by atoms with van der Waals surface area (Å²) < 4.78 is 6.73. The topological polar surface area (TPSA) is 66.5 Å². The highest BCUT2D eigenvalue weighted by Gasteiger charge is 2.42. The molecule has 3 aliphatic heterocycles. The van der Waals surface area contributed by atoms with Crippen molar-refractivity contribution in [3.05, 3.63) is 17.7 Å². The Morgan fingerprint density at radius 3 is 3.32 bits per heavy atom. The van der Waals surface area contributed by atoms with Crippen LogP contribution in [0.4, 0.5) is 9.93 Å². The second kappa shape index (κ2) is 4.57.